The Hall–Kier alpha value is -3.20. The number of carboxylic acid groups (broad SMARTS) is 1. The topological polar surface area (TPSA) is 139 Å². The normalized spacial score (nSPS) is 40.0. The lowest BCUT2D eigenvalue weighted by molar-refractivity contribution is -0.238. The van der Waals surface area contributed by atoms with Crippen LogP contribution in [0.5, 0.6) is 5.75 Å². The highest BCUT2D eigenvalue weighted by Crippen LogP contribution is 2.77. The fourth-order valence-electron chi connectivity index (χ4n) is 14.5. The molecule has 3 N–H and O–H groups in total. The van der Waals surface area contributed by atoms with Crippen molar-refractivity contribution >= 4 is 23.6 Å². The van der Waals surface area contributed by atoms with Gasteiger partial charge >= 0.3 is 11.9 Å². The van der Waals surface area contributed by atoms with Gasteiger partial charge in [0.05, 0.1) is 25.0 Å². The first kappa shape index (κ1) is 41.0. The zero-order chi connectivity index (χ0) is 41.0. The lowest BCUT2D eigenvalue weighted by atomic mass is 9.33. The summed E-state index contributed by atoms with van der Waals surface area (Å²) in [6.45, 7) is 20.2. The van der Waals surface area contributed by atoms with E-state index in [0.29, 0.717) is 42.4 Å². The summed E-state index contributed by atoms with van der Waals surface area (Å²) < 4.78 is 11.7. The molecule has 0 unspecified atom stereocenters. The molecule has 1 aromatic carbocycles. The van der Waals surface area contributed by atoms with E-state index < -0.39 is 34.7 Å². The number of aliphatic hydroxyl groups excluding tert-OH is 1. The molecule has 7 rings (SSSR count). The van der Waals surface area contributed by atoms with E-state index in [1.54, 1.807) is 31.4 Å². The summed E-state index contributed by atoms with van der Waals surface area (Å²) in [4.78, 5) is 52.7. The van der Waals surface area contributed by atoms with Crippen LogP contribution in [0.4, 0.5) is 0 Å². The molecule has 308 valence electrons. The van der Waals surface area contributed by atoms with Crippen molar-refractivity contribution in [3.05, 3.63) is 41.0 Å². The van der Waals surface area contributed by atoms with Gasteiger partial charge in [-0.1, -0.05) is 67.9 Å². The van der Waals surface area contributed by atoms with Crippen molar-refractivity contribution in [3.8, 4) is 5.75 Å². The van der Waals surface area contributed by atoms with Crippen LogP contribution in [0.25, 0.3) is 0 Å². The SMILES string of the molecule is COc1ccc(C(=O)NC[C@H](O)[C@@]23CC[C@]4(C)[C@H](CC[C@@H]5[C@@]6(C)CC[C@H](OC(=O)[C@H]7C[C@@H](C(=O)O)C7(C)C)C(C)(C)[C@@H]6CC[C@]54C)C2=C(C(C)C)C(=O)C3)cc1. The second-order valence-corrected chi connectivity index (χ2v) is 21.1. The average Bonchev–Trinajstić information content (AvgIpc) is 3.44. The average molecular weight is 774 g/mol. The molecule has 5 saturated carbocycles. The first-order valence-corrected chi connectivity index (χ1v) is 21.4. The van der Waals surface area contributed by atoms with Gasteiger partial charge in [-0.15, -0.1) is 0 Å². The molecule has 1 amide bonds. The maximum absolute atomic E-state index is 14.1. The third kappa shape index (κ3) is 5.77. The Labute approximate surface area is 334 Å². The van der Waals surface area contributed by atoms with E-state index in [4.69, 9.17) is 9.47 Å². The zero-order valence-corrected chi connectivity index (χ0v) is 35.6. The predicted octanol–water partition coefficient (Wildman–Crippen LogP) is 8.43. The number of benzene rings is 1. The van der Waals surface area contributed by atoms with Crippen LogP contribution in [0.1, 0.15) is 137 Å². The first-order chi connectivity index (χ1) is 26.1. The largest absolute Gasteiger partial charge is 0.497 e. The van der Waals surface area contributed by atoms with E-state index in [9.17, 15) is 29.4 Å². The smallest absolute Gasteiger partial charge is 0.309 e. The first-order valence-electron chi connectivity index (χ1n) is 21.4. The molecule has 6 aliphatic carbocycles. The second-order valence-electron chi connectivity index (χ2n) is 21.1. The molecule has 56 heavy (non-hydrogen) atoms. The molecular weight excluding hydrogens is 707 g/mol. The van der Waals surface area contributed by atoms with Gasteiger partial charge in [0.15, 0.2) is 5.78 Å². The number of Topliss-reactive ketones (excluding diaryl/α,β-unsaturated/α-hetero) is 1. The third-order valence-corrected chi connectivity index (χ3v) is 18.0. The van der Waals surface area contributed by atoms with Crippen LogP contribution >= 0.6 is 0 Å². The number of ketones is 1. The summed E-state index contributed by atoms with van der Waals surface area (Å²) in [7, 11) is 1.59. The van der Waals surface area contributed by atoms with E-state index >= 15 is 0 Å². The Morgan fingerprint density at radius 1 is 0.839 bits per heavy atom. The van der Waals surface area contributed by atoms with Crippen LogP contribution in [0, 0.1) is 68.0 Å². The number of fused-ring (bicyclic) bond motifs is 7. The van der Waals surface area contributed by atoms with Crippen molar-refractivity contribution in [3.63, 3.8) is 0 Å². The number of carbonyl (C=O) groups excluding carboxylic acids is 3. The maximum atomic E-state index is 14.1. The van der Waals surface area contributed by atoms with E-state index in [0.717, 1.165) is 50.5 Å². The number of nitrogens with one attached hydrogen (secondary N) is 1. The van der Waals surface area contributed by atoms with E-state index in [2.05, 4.69) is 53.8 Å². The standard InChI is InChI=1S/C47H67NO8/c1-26(2)37-32(49)24-47(35(50)25-48-39(51)27-11-13-28(55-10)14-12-27)22-21-45(8)29(38(37)47)15-16-34-44(7)19-18-36(43(5,6)33(44)17-20-46(34,45)9)56-41(54)31-23-30(40(52)53)42(31,3)4/h11-14,26,29-31,33-36,50H,15-25H2,1-10H3,(H,48,51)(H,52,53)/t29-,30+,31-,33+,34-,35+,36+,44+,45-,46-,47+/m1/s1. The second kappa shape index (κ2) is 13.7. The minimum absolute atomic E-state index is 0.00296. The molecule has 0 aromatic heterocycles. The highest BCUT2D eigenvalue weighted by atomic mass is 16.5. The minimum Gasteiger partial charge on any atom is -0.497 e. The van der Waals surface area contributed by atoms with Gasteiger partial charge < -0.3 is 25.0 Å². The number of aliphatic carboxylic acids is 1. The maximum Gasteiger partial charge on any atom is 0.309 e. The molecule has 6 aliphatic rings. The molecular formula is C47H67NO8. The molecule has 1 aromatic rings. The predicted molar refractivity (Wildman–Crippen MR) is 214 cm³/mol. The quantitative estimate of drug-likeness (QED) is 0.213. The van der Waals surface area contributed by atoms with Crippen LogP contribution < -0.4 is 10.1 Å². The minimum atomic E-state index is -0.887. The Kier molecular flexibility index (Phi) is 10.0. The van der Waals surface area contributed by atoms with E-state index in [1.807, 2.05) is 13.8 Å². The van der Waals surface area contributed by atoms with Gasteiger partial charge in [-0.3, -0.25) is 19.2 Å². The lowest BCUT2D eigenvalue weighted by Crippen LogP contribution is -2.66. The van der Waals surface area contributed by atoms with Crippen LogP contribution in [0.2, 0.25) is 0 Å². The number of carboxylic acids is 1. The molecule has 0 aliphatic heterocycles. The Morgan fingerprint density at radius 3 is 2.12 bits per heavy atom. The van der Waals surface area contributed by atoms with Gasteiger partial charge in [0, 0.05) is 29.4 Å². The summed E-state index contributed by atoms with van der Waals surface area (Å²) in [5.74, 6) is -0.416. The highest BCUT2D eigenvalue weighted by Gasteiger charge is 2.71. The summed E-state index contributed by atoms with van der Waals surface area (Å²) in [5, 5.41) is 24.8. The van der Waals surface area contributed by atoms with Crippen molar-refractivity contribution in [2.24, 2.45) is 68.0 Å². The molecule has 9 heteroatoms. The third-order valence-electron chi connectivity index (χ3n) is 18.0. The van der Waals surface area contributed by atoms with Crippen molar-refractivity contribution < 1.29 is 38.9 Å². The lowest BCUT2D eigenvalue weighted by Gasteiger charge is -2.72. The number of hydrogen-bond donors (Lipinski definition) is 3. The molecule has 9 nitrogen and oxygen atoms in total. The summed E-state index contributed by atoms with van der Waals surface area (Å²) in [5.41, 5.74) is 1.00. The number of carbonyl (C=O) groups is 4. The van der Waals surface area contributed by atoms with Gasteiger partial charge in [0.1, 0.15) is 11.9 Å². The number of aliphatic hydroxyl groups is 1. The molecule has 0 heterocycles. The van der Waals surface area contributed by atoms with Crippen molar-refractivity contribution in [2.75, 3.05) is 13.7 Å². The number of hydrogen-bond acceptors (Lipinski definition) is 7. The fraction of sp³-hybridized carbons (Fsp3) is 0.745. The molecule has 0 spiro atoms. The number of amides is 1. The summed E-state index contributed by atoms with van der Waals surface area (Å²) in [6, 6.07) is 6.93. The van der Waals surface area contributed by atoms with E-state index in [-0.39, 0.29) is 63.8 Å². The number of rotatable bonds is 9. The van der Waals surface area contributed by atoms with Crippen molar-refractivity contribution in [1.29, 1.82) is 0 Å². The number of ether oxygens (including phenoxy) is 2. The Balaban J connectivity index is 1.13. The van der Waals surface area contributed by atoms with Crippen molar-refractivity contribution in [1.82, 2.24) is 5.32 Å². The number of esters is 1. The number of methoxy groups -OCH3 is 1. The molecule has 11 atom stereocenters. The molecule has 5 fully saturated rings. The van der Waals surface area contributed by atoms with E-state index in [1.165, 1.54) is 5.57 Å². The molecule has 0 bridgehead atoms. The van der Waals surface area contributed by atoms with Crippen LogP contribution in [0.15, 0.2) is 35.4 Å². The monoisotopic (exact) mass is 773 g/mol. The summed E-state index contributed by atoms with van der Waals surface area (Å²) in [6.07, 6.45) is 7.02. The number of allylic oxidation sites excluding steroid dienone is 1. The van der Waals surface area contributed by atoms with Crippen LogP contribution in [-0.2, 0) is 19.1 Å². The fourth-order valence-corrected chi connectivity index (χ4v) is 14.5. The van der Waals surface area contributed by atoms with Gasteiger partial charge in [0.25, 0.3) is 5.91 Å². The Bertz CT molecular complexity index is 1810. The van der Waals surface area contributed by atoms with Crippen LogP contribution in [-0.4, -0.2) is 59.7 Å². The van der Waals surface area contributed by atoms with Crippen molar-refractivity contribution in [2.45, 2.75) is 139 Å². The molecule has 0 radical (unpaired) electrons. The van der Waals surface area contributed by atoms with Gasteiger partial charge in [-0.25, -0.2) is 0 Å². The van der Waals surface area contributed by atoms with Gasteiger partial charge in [0.2, 0.25) is 0 Å². The highest BCUT2D eigenvalue weighted by molar-refractivity contribution is 6.01. The van der Waals surface area contributed by atoms with Gasteiger partial charge in [-0.05, 0) is 133 Å². The Morgan fingerprint density at radius 2 is 1.52 bits per heavy atom. The van der Waals surface area contributed by atoms with Crippen LogP contribution in [0.3, 0.4) is 0 Å². The van der Waals surface area contributed by atoms with Gasteiger partial charge in [-0.2, -0.15) is 0 Å². The zero-order valence-electron chi connectivity index (χ0n) is 35.6. The summed E-state index contributed by atoms with van der Waals surface area (Å²) >= 11 is 0. The molecule has 0 saturated heterocycles.